The minimum atomic E-state index is -0.118. The van der Waals surface area contributed by atoms with Crippen molar-refractivity contribution in [2.24, 2.45) is 0 Å². The van der Waals surface area contributed by atoms with Gasteiger partial charge < -0.3 is 14.5 Å². The second kappa shape index (κ2) is 12.6. The van der Waals surface area contributed by atoms with Gasteiger partial charge in [0.15, 0.2) is 0 Å². The van der Waals surface area contributed by atoms with Gasteiger partial charge in [0.2, 0.25) is 0 Å². The van der Waals surface area contributed by atoms with Crippen molar-refractivity contribution in [3.05, 3.63) is 93.8 Å². The van der Waals surface area contributed by atoms with Gasteiger partial charge in [-0.25, -0.2) is 4.98 Å². The molecule has 2 aromatic carbocycles. The SMILES string of the molecule is Cc1cc(C(=O)N2CCN(C[C@@H](OCc3ccc(C#N)cc3)c3cccc(N4CCCC4)c3)CC2)cc(Cl)n1. The molecule has 8 heteroatoms. The summed E-state index contributed by atoms with van der Waals surface area (Å²) in [5.41, 5.74) is 5.42. The number of hydrogen-bond acceptors (Lipinski definition) is 6. The number of carbonyl (C=O) groups excluding carboxylic acids is 1. The molecule has 1 amide bonds. The summed E-state index contributed by atoms with van der Waals surface area (Å²) in [4.78, 5) is 24.0. The number of benzene rings is 2. The highest BCUT2D eigenvalue weighted by Gasteiger charge is 2.26. The van der Waals surface area contributed by atoms with E-state index in [1.807, 2.05) is 36.1 Å². The van der Waals surface area contributed by atoms with Crippen molar-refractivity contribution in [1.29, 1.82) is 5.26 Å². The van der Waals surface area contributed by atoms with Crippen LogP contribution in [0.3, 0.4) is 0 Å². The fourth-order valence-electron chi connectivity index (χ4n) is 5.33. The summed E-state index contributed by atoms with van der Waals surface area (Å²) in [6.45, 7) is 8.07. The molecule has 0 N–H and O–H groups in total. The molecule has 0 spiro atoms. The minimum Gasteiger partial charge on any atom is -0.372 e. The zero-order valence-corrected chi connectivity index (χ0v) is 23.1. The third-order valence-corrected chi connectivity index (χ3v) is 7.69. The van der Waals surface area contributed by atoms with E-state index in [-0.39, 0.29) is 12.0 Å². The third-order valence-electron chi connectivity index (χ3n) is 7.50. The van der Waals surface area contributed by atoms with Gasteiger partial charge in [-0.3, -0.25) is 9.69 Å². The van der Waals surface area contributed by atoms with E-state index >= 15 is 0 Å². The molecule has 3 heterocycles. The molecule has 5 rings (SSSR count). The number of aromatic nitrogens is 1. The highest BCUT2D eigenvalue weighted by molar-refractivity contribution is 6.29. The average Bonchev–Trinajstić information content (AvgIpc) is 3.50. The highest BCUT2D eigenvalue weighted by atomic mass is 35.5. The molecular formula is C31H34ClN5O2. The maximum absolute atomic E-state index is 13.1. The van der Waals surface area contributed by atoms with E-state index in [1.54, 1.807) is 12.1 Å². The lowest BCUT2D eigenvalue weighted by atomic mass is 10.1. The fraction of sp³-hybridized carbons (Fsp3) is 0.387. The summed E-state index contributed by atoms with van der Waals surface area (Å²) in [6, 6.07) is 21.9. The van der Waals surface area contributed by atoms with Gasteiger partial charge in [0.1, 0.15) is 5.15 Å². The van der Waals surface area contributed by atoms with Crippen LogP contribution in [0.5, 0.6) is 0 Å². The van der Waals surface area contributed by atoms with Gasteiger partial charge in [-0.05, 0) is 67.3 Å². The Hall–Kier alpha value is -3.44. The van der Waals surface area contributed by atoms with Crippen molar-refractivity contribution in [1.82, 2.24) is 14.8 Å². The standard InChI is InChI=1S/C31H34ClN5O2/c1-23-17-27(19-30(32)34-23)31(38)37-15-13-35(14-16-37)21-29(39-22-25-9-7-24(20-33)8-10-25)26-5-4-6-28(18-26)36-11-2-3-12-36/h4-10,17-19,29H,2-3,11-16,21-22H2,1H3/t29-/m1/s1. The number of piperazine rings is 1. The maximum Gasteiger partial charge on any atom is 0.254 e. The van der Waals surface area contributed by atoms with Crippen LogP contribution in [0, 0.1) is 18.3 Å². The maximum atomic E-state index is 13.1. The van der Waals surface area contributed by atoms with Crippen LogP contribution in [0.15, 0.2) is 60.7 Å². The van der Waals surface area contributed by atoms with Crippen molar-refractivity contribution < 1.29 is 9.53 Å². The number of amides is 1. The number of nitriles is 1. The highest BCUT2D eigenvalue weighted by Crippen LogP contribution is 2.28. The van der Waals surface area contributed by atoms with Gasteiger partial charge in [0, 0.05) is 62.8 Å². The molecule has 202 valence electrons. The number of pyridine rings is 1. The quantitative estimate of drug-likeness (QED) is 0.362. The van der Waals surface area contributed by atoms with Gasteiger partial charge in [-0.15, -0.1) is 0 Å². The fourth-order valence-corrected chi connectivity index (χ4v) is 5.58. The molecule has 2 aliphatic rings. The molecule has 2 saturated heterocycles. The van der Waals surface area contributed by atoms with Gasteiger partial charge in [-0.2, -0.15) is 5.26 Å². The zero-order valence-electron chi connectivity index (χ0n) is 22.4. The molecule has 0 saturated carbocycles. The Bertz CT molecular complexity index is 1310. The first-order chi connectivity index (χ1) is 19.0. The smallest absolute Gasteiger partial charge is 0.254 e. The van der Waals surface area contributed by atoms with E-state index in [1.165, 1.54) is 18.5 Å². The number of nitrogens with zero attached hydrogens (tertiary/aromatic N) is 5. The van der Waals surface area contributed by atoms with E-state index in [0.29, 0.717) is 36.0 Å². The van der Waals surface area contributed by atoms with Crippen LogP contribution in [0.4, 0.5) is 5.69 Å². The monoisotopic (exact) mass is 543 g/mol. The predicted octanol–water partition coefficient (Wildman–Crippen LogP) is 5.23. The van der Waals surface area contributed by atoms with Gasteiger partial charge in [0.05, 0.1) is 24.3 Å². The van der Waals surface area contributed by atoms with Gasteiger partial charge in [0.25, 0.3) is 5.91 Å². The third kappa shape index (κ3) is 6.96. The number of aryl methyl sites for hydroxylation is 1. The van der Waals surface area contributed by atoms with Crippen molar-refractivity contribution >= 4 is 23.2 Å². The minimum absolute atomic E-state index is 0.00557. The molecule has 2 fully saturated rings. The Labute approximate surface area is 235 Å². The second-order valence-electron chi connectivity index (χ2n) is 10.3. The normalized spacial score (nSPS) is 16.7. The van der Waals surface area contributed by atoms with Crippen LogP contribution in [0.25, 0.3) is 0 Å². The Morgan fingerprint density at radius 3 is 2.46 bits per heavy atom. The largest absolute Gasteiger partial charge is 0.372 e. The molecular weight excluding hydrogens is 510 g/mol. The van der Waals surface area contributed by atoms with E-state index in [0.717, 1.165) is 49.5 Å². The lowest BCUT2D eigenvalue weighted by Crippen LogP contribution is -2.49. The van der Waals surface area contributed by atoms with Gasteiger partial charge >= 0.3 is 0 Å². The summed E-state index contributed by atoms with van der Waals surface area (Å²) in [7, 11) is 0. The molecule has 0 radical (unpaired) electrons. The number of carbonyl (C=O) groups is 1. The number of halogens is 1. The van der Waals surface area contributed by atoms with Crippen molar-refractivity contribution in [2.45, 2.75) is 32.5 Å². The first-order valence-electron chi connectivity index (χ1n) is 13.6. The average molecular weight is 544 g/mol. The zero-order chi connectivity index (χ0) is 27.2. The molecule has 7 nitrogen and oxygen atoms in total. The van der Waals surface area contributed by atoms with Crippen LogP contribution in [-0.2, 0) is 11.3 Å². The Morgan fingerprint density at radius 1 is 1.03 bits per heavy atom. The Balaban J connectivity index is 1.26. The van der Waals surface area contributed by atoms with E-state index in [9.17, 15) is 4.79 Å². The van der Waals surface area contributed by atoms with E-state index in [4.69, 9.17) is 21.6 Å². The Kier molecular flexibility index (Phi) is 8.77. The summed E-state index contributed by atoms with van der Waals surface area (Å²) in [5.74, 6) is -0.00557. The number of anilines is 1. The lowest BCUT2D eigenvalue weighted by molar-refractivity contribution is 0.00344. The lowest BCUT2D eigenvalue weighted by Gasteiger charge is -2.36. The molecule has 0 unspecified atom stereocenters. The topological polar surface area (TPSA) is 72.7 Å². The van der Waals surface area contributed by atoms with Crippen LogP contribution in [0.1, 0.15) is 51.7 Å². The van der Waals surface area contributed by atoms with Crippen LogP contribution >= 0.6 is 11.6 Å². The number of hydrogen-bond donors (Lipinski definition) is 0. The number of ether oxygens (including phenoxy) is 1. The molecule has 2 aliphatic heterocycles. The van der Waals surface area contributed by atoms with E-state index in [2.05, 4.69) is 45.1 Å². The Morgan fingerprint density at radius 2 is 1.77 bits per heavy atom. The van der Waals surface area contributed by atoms with Crippen molar-refractivity contribution in [2.75, 3.05) is 50.7 Å². The molecule has 3 aromatic rings. The van der Waals surface area contributed by atoms with Crippen molar-refractivity contribution in [3.8, 4) is 6.07 Å². The summed E-state index contributed by atoms with van der Waals surface area (Å²) in [5, 5.41) is 9.45. The molecule has 1 aromatic heterocycles. The van der Waals surface area contributed by atoms with E-state index < -0.39 is 0 Å². The van der Waals surface area contributed by atoms with Crippen LogP contribution in [-0.4, -0.2) is 66.5 Å². The summed E-state index contributed by atoms with van der Waals surface area (Å²) >= 11 is 6.09. The molecule has 1 atom stereocenters. The molecule has 39 heavy (non-hydrogen) atoms. The number of rotatable bonds is 8. The first kappa shape index (κ1) is 27.1. The van der Waals surface area contributed by atoms with Gasteiger partial charge in [-0.1, -0.05) is 35.9 Å². The van der Waals surface area contributed by atoms with Crippen LogP contribution in [0.2, 0.25) is 5.15 Å². The predicted molar refractivity (Wildman–Crippen MR) is 153 cm³/mol. The molecule has 0 bridgehead atoms. The molecule has 0 aliphatic carbocycles. The van der Waals surface area contributed by atoms with Crippen LogP contribution < -0.4 is 4.90 Å². The first-order valence-corrected chi connectivity index (χ1v) is 14.0. The summed E-state index contributed by atoms with van der Waals surface area (Å²) in [6.07, 6.45) is 2.35. The van der Waals surface area contributed by atoms with Crippen molar-refractivity contribution in [3.63, 3.8) is 0 Å². The second-order valence-corrected chi connectivity index (χ2v) is 10.7. The summed E-state index contributed by atoms with van der Waals surface area (Å²) < 4.78 is 6.53.